The molecule has 8 heteroatoms. The zero-order valence-electron chi connectivity index (χ0n) is 15.5. The van der Waals surface area contributed by atoms with Gasteiger partial charge in [0, 0.05) is 32.1 Å². The van der Waals surface area contributed by atoms with Gasteiger partial charge in [0.05, 0.1) is 0 Å². The molecular weight excluding hydrogens is 374 g/mol. The molecule has 0 spiro atoms. The Labute approximate surface area is 159 Å². The van der Waals surface area contributed by atoms with Crippen LogP contribution >= 0.6 is 0 Å². The number of nitrogens with zero attached hydrogens (tertiary/aromatic N) is 2. The van der Waals surface area contributed by atoms with Crippen molar-refractivity contribution < 1.29 is 22.0 Å². The van der Waals surface area contributed by atoms with Gasteiger partial charge in [0.2, 0.25) is 15.9 Å². The summed E-state index contributed by atoms with van der Waals surface area (Å²) >= 11 is 0. The molecule has 1 aromatic carbocycles. The summed E-state index contributed by atoms with van der Waals surface area (Å²) in [5.74, 6) is -1.92. The molecule has 1 aliphatic carbocycles. The Morgan fingerprint density at radius 3 is 2.33 bits per heavy atom. The lowest BCUT2D eigenvalue weighted by atomic mass is 9.91. The first kappa shape index (κ1) is 20.2. The third kappa shape index (κ3) is 4.32. The van der Waals surface area contributed by atoms with Crippen molar-refractivity contribution in [3.63, 3.8) is 0 Å². The highest BCUT2D eigenvalue weighted by molar-refractivity contribution is 7.89. The van der Waals surface area contributed by atoms with Gasteiger partial charge in [0.1, 0.15) is 16.5 Å². The van der Waals surface area contributed by atoms with Crippen LogP contribution in [0, 0.1) is 17.6 Å². The molecule has 0 N–H and O–H groups in total. The number of amides is 1. The quantitative estimate of drug-likeness (QED) is 0.780. The zero-order valence-corrected chi connectivity index (χ0v) is 16.4. The van der Waals surface area contributed by atoms with E-state index in [0.29, 0.717) is 18.9 Å². The Balaban J connectivity index is 1.64. The second-order valence-corrected chi connectivity index (χ2v) is 9.40. The van der Waals surface area contributed by atoms with E-state index in [1.54, 1.807) is 0 Å². The van der Waals surface area contributed by atoms with E-state index < -0.39 is 26.6 Å². The van der Waals surface area contributed by atoms with Gasteiger partial charge in [0.25, 0.3) is 0 Å². The van der Waals surface area contributed by atoms with Crippen molar-refractivity contribution in [3.8, 4) is 0 Å². The first-order valence-corrected chi connectivity index (χ1v) is 11.0. The number of halogens is 2. The molecule has 5 nitrogen and oxygen atoms in total. The van der Waals surface area contributed by atoms with Crippen molar-refractivity contribution in [3.05, 3.63) is 29.8 Å². The van der Waals surface area contributed by atoms with Crippen LogP contribution in [0.15, 0.2) is 23.1 Å². The summed E-state index contributed by atoms with van der Waals surface area (Å²) in [5.41, 5.74) is 0. The predicted octanol–water partition coefficient (Wildman–Crippen LogP) is 3.16. The highest BCUT2D eigenvalue weighted by Gasteiger charge is 2.35. The van der Waals surface area contributed by atoms with E-state index in [9.17, 15) is 22.0 Å². The van der Waals surface area contributed by atoms with Crippen LogP contribution in [0.1, 0.15) is 44.9 Å². The van der Waals surface area contributed by atoms with Crippen LogP contribution < -0.4 is 0 Å². The van der Waals surface area contributed by atoms with Crippen LogP contribution in [0.25, 0.3) is 0 Å². The molecule has 0 bridgehead atoms. The lowest BCUT2D eigenvalue weighted by Gasteiger charge is -2.36. The first-order valence-electron chi connectivity index (χ1n) is 9.52. The van der Waals surface area contributed by atoms with Crippen molar-refractivity contribution in [1.82, 2.24) is 9.21 Å². The molecule has 1 amide bonds. The van der Waals surface area contributed by atoms with Gasteiger partial charge >= 0.3 is 0 Å². The molecule has 150 valence electrons. The topological polar surface area (TPSA) is 57.7 Å². The van der Waals surface area contributed by atoms with E-state index in [0.717, 1.165) is 42.1 Å². The number of hydrogen-bond donors (Lipinski definition) is 0. The van der Waals surface area contributed by atoms with Crippen molar-refractivity contribution in [2.75, 3.05) is 20.1 Å². The van der Waals surface area contributed by atoms with Gasteiger partial charge in [-0.3, -0.25) is 4.79 Å². The largest absolute Gasteiger partial charge is 0.343 e. The number of piperidine rings is 1. The van der Waals surface area contributed by atoms with Crippen molar-refractivity contribution >= 4 is 15.9 Å². The number of benzene rings is 1. The molecular formula is C19H26F2N2O3S. The SMILES string of the molecule is CN(C(=O)C1CCN(S(=O)(=O)c2cc(F)ccc2F)CC1)C1CCCCC1. The summed E-state index contributed by atoms with van der Waals surface area (Å²) in [5, 5.41) is 0. The maximum absolute atomic E-state index is 13.9. The Kier molecular flexibility index (Phi) is 6.15. The summed E-state index contributed by atoms with van der Waals surface area (Å²) in [4.78, 5) is 14.0. The average Bonchev–Trinajstić information content (AvgIpc) is 2.69. The maximum atomic E-state index is 13.9. The van der Waals surface area contributed by atoms with Crippen molar-refractivity contribution in [1.29, 1.82) is 0 Å². The second-order valence-electron chi connectivity index (χ2n) is 7.49. The molecule has 1 aliphatic heterocycles. The molecule has 1 saturated carbocycles. The lowest BCUT2D eigenvalue weighted by molar-refractivity contribution is -0.138. The molecule has 1 heterocycles. The zero-order chi connectivity index (χ0) is 19.6. The normalized spacial score (nSPS) is 20.6. The van der Waals surface area contributed by atoms with Crippen molar-refractivity contribution in [2.24, 2.45) is 5.92 Å². The molecule has 0 radical (unpaired) electrons. The smallest absolute Gasteiger partial charge is 0.246 e. The fourth-order valence-corrected chi connectivity index (χ4v) is 5.64. The van der Waals surface area contributed by atoms with E-state index in [1.807, 2.05) is 11.9 Å². The molecule has 2 aliphatic rings. The fraction of sp³-hybridized carbons (Fsp3) is 0.632. The molecule has 1 aromatic rings. The van der Waals surface area contributed by atoms with Gasteiger partial charge in [-0.25, -0.2) is 17.2 Å². The summed E-state index contributed by atoms with van der Waals surface area (Å²) < 4.78 is 53.7. The third-order valence-electron chi connectivity index (χ3n) is 5.78. The van der Waals surface area contributed by atoms with Crippen LogP contribution in [-0.2, 0) is 14.8 Å². The predicted molar refractivity (Wildman–Crippen MR) is 97.5 cm³/mol. The Hall–Kier alpha value is -1.54. The van der Waals surface area contributed by atoms with Gasteiger partial charge in [-0.05, 0) is 43.9 Å². The molecule has 0 aromatic heterocycles. The van der Waals surface area contributed by atoms with E-state index in [4.69, 9.17) is 0 Å². The van der Waals surface area contributed by atoms with Crippen LogP contribution in [0.5, 0.6) is 0 Å². The van der Waals surface area contributed by atoms with Gasteiger partial charge in [-0.2, -0.15) is 4.31 Å². The third-order valence-corrected chi connectivity index (χ3v) is 7.70. The summed E-state index contributed by atoms with van der Waals surface area (Å²) in [6, 6.07) is 2.69. The lowest BCUT2D eigenvalue weighted by Crippen LogP contribution is -2.46. The summed E-state index contributed by atoms with van der Waals surface area (Å²) in [6.45, 7) is 0.264. The summed E-state index contributed by atoms with van der Waals surface area (Å²) in [6.07, 6.45) is 6.32. The second kappa shape index (κ2) is 8.22. The molecule has 27 heavy (non-hydrogen) atoms. The van der Waals surface area contributed by atoms with Crippen LogP contribution in [-0.4, -0.2) is 49.7 Å². The average molecular weight is 400 g/mol. The minimum Gasteiger partial charge on any atom is -0.343 e. The monoisotopic (exact) mass is 400 g/mol. The van der Waals surface area contributed by atoms with E-state index in [1.165, 1.54) is 6.42 Å². The minimum absolute atomic E-state index is 0.0656. The number of hydrogen-bond acceptors (Lipinski definition) is 3. The number of carbonyl (C=O) groups is 1. The van der Waals surface area contributed by atoms with E-state index >= 15 is 0 Å². The molecule has 2 fully saturated rings. The van der Waals surface area contributed by atoms with Gasteiger partial charge < -0.3 is 4.90 Å². The number of sulfonamides is 1. The van der Waals surface area contributed by atoms with E-state index in [-0.39, 0.29) is 31.0 Å². The Bertz CT molecular complexity index is 786. The number of rotatable bonds is 4. The minimum atomic E-state index is -4.11. The highest BCUT2D eigenvalue weighted by Crippen LogP contribution is 2.29. The standard InChI is InChI=1S/C19H26F2N2O3S/c1-22(16-5-3-2-4-6-16)19(24)14-9-11-23(12-10-14)27(25,26)18-13-15(20)7-8-17(18)21/h7-8,13-14,16H,2-6,9-12H2,1H3. The molecule has 0 unspecified atom stereocenters. The van der Waals surface area contributed by atoms with Crippen molar-refractivity contribution in [2.45, 2.75) is 55.9 Å². The molecule has 0 atom stereocenters. The van der Waals surface area contributed by atoms with Crippen LogP contribution in [0.4, 0.5) is 8.78 Å². The molecule has 1 saturated heterocycles. The van der Waals surface area contributed by atoms with Gasteiger partial charge in [-0.1, -0.05) is 19.3 Å². The molecule has 3 rings (SSSR count). The highest BCUT2D eigenvalue weighted by atomic mass is 32.2. The summed E-state index contributed by atoms with van der Waals surface area (Å²) in [7, 11) is -2.27. The van der Waals surface area contributed by atoms with Gasteiger partial charge in [0.15, 0.2) is 0 Å². The Morgan fingerprint density at radius 1 is 1.07 bits per heavy atom. The first-order chi connectivity index (χ1) is 12.8. The van der Waals surface area contributed by atoms with Crippen LogP contribution in [0.2, 0.25) is 0 Å². The maximum Gasteiger partial charge on any atom is 0.246 e. The van der Waals surface area contributed by atoms with Crippen LogP contribution in [0.3, 0.4) is 0 Å². The Morgan fingerprint density at radius 2 is 1.70 bits per heavy atom. The van der Waals surface area contributed by atoms with Gasteiger partial charge in [-0.15, -0.1) is 0 Å². The van der Waals surface area contributed by atoms with E-state index in [2.05, 4.69) is 0 Å². The fourth-order valence-electron chi connectivity index (χ4n) is 4.09. The number of carbonyl (C=O) groups excluding carboxylic acids is 1.